The number of para-hydroxylation sites is 2. The first kappa shape index (κ1) is 58.8. The first-order chi connectivity index (χ1) is 44.4. The van der Waals surface area contributed by atoms with E-state index in [4.69, 9.17) is 8.83 Å². The van der Waals surface area contributed by atoms with E-state index in [0.717, 1.165) is 75.8 Å². The van der Waals surface area contributed by atoms with Crippen molar-refractivity contribution in [2.24, 2.45) is 0 Å². The Balaban J connectivity index is 0.000000129. The molecule has 0 aliphatic carbocycles. The van der Waals surface area contributed by atoms with Gasteiger partial charge in [0.15, 0.2) is 0 Å². The van der Waals surface area contributed by atoms with E-state index in [9.17, 15) is 10.0 Å². The minimum Gasteiger partial charge on any atom is -0.456 e. The van der Waals surface area contributed by atoms with E-state index in [1.165, 1.54) is 92.8 Å². The Morgan fingerprint density at radius 1 is 0.239 bits per heavy atom. The Kier molecular flexibility index (Phi) is 15.9. The molecular weight excluding hydrogens is 1190 g/mol. The Labute approximate surface area is 542 Å². The standard InChI is InChI=1S/C42H26O.C26H15BrO.C16H13BO2.2CH4/c1-2-11-27(12-3-1)31-19-10-13-28-21-22-29(25-38(28)31)41-34-15-4-6-17-36(34)42(37-18-7-5-16-35(37)41)30-23-24-33-32-14-8-9-20-39(32)43-40(33)26-30;27-26-21-10-3-1-8-19(21)25(20-9-2-4-11-22(20)26)16-13-14-18-17-7-5-6-12-23(17)28-24(18)15-16;18-17(19)14-10-9-13-7-4-8-15(16(13)11-14)12-5-2-1-3-6-12;;/h1-26H;1-15H;1-11,18-19H;2*1H4. The average Bonchev–Trinajstić information content (AvgIpc) is 0.804. The third kappa shape index (κ3) is 10.4. The van der Waals surface area contributed by atoms with Gasteiger partial charge in [-0.15, -0.1) is 0 Å². The van der Waals surface area contributed by atoms with Crippen molar-refractivity contribution in [3.05, 3.63) is 320 Å². The highest BCUT2D eigenvalue weighted by Gasteiger charge is 2.20. The molecule has 0 amide bonds. The van der Waals surface area contributed by atoms with Gasteiger partial charge in [0, 0.05) is 26.0 Å². The summed E-state index contributed by atoms with van der Waals surface area (Å²) in [5.74, 6) is 0. The molecule has 0 aliphatic rings. The van der Waals surface area contributed by atoms with E-state index in [0.29, 0.717) is 5.46 Å². The minimum absolute atomic E-state index is 0. The van der Waals surface area contributed by atoms with Crippen LogP contribution < -0.4 is 5.46 Å². The zero-order valence-corrected chi connectivity index (χ0v) is 50.3. The van der Waals surface area contributed by atoms with Gasteiger partial charge in [0.05, 0.1) is 0 Å². The van der Waals surface area contributed by atoms with Gasteiger partial charge in [0.2, 0.25) is 0 Å². The molecule has 16 aromatic carbocycles. The number of fused-ring (bicyclic) bond motifs is 12. The van der Waals surface area contributed by atoms with Gasteiger partial charge < -0.3 is 18.9 Å². The second-order valence-electron chi connectivity index (χ2n) is 22.9. The molecule has 2 heterocycles. The molecule has 0 saturated carbocycles. The predicted molar refractivity (Wildman–Crippen MR) is 397 cm³/mol. The van der Waals surface area contributed by atoms with Crippen LogP contribution in [-0.2, 0) is 0 Å². The molecule has 0 radical (unpaired) electrons. The molecule has 0 unspecified atom stereocenters. The highest BCUT2D eigenvalue weighted by molar-refractivity contribution is 9.10. The maximum atomic E-state index is 9.30. The molecule has 2 N–H and O–H groups in total. The number of furan rings is 2. The molecule has 0 atom stereocenters. The summed E-state index contributed by atoms with van der Waals surface area (Å²) in [5.41, 5.74) is 16.2. The summed E-state index contributed by atoms with van der Waals surface area (Å²) in [7, 11) is -1.44. The van der Waals surface area contributed by atoms with E-state index in [1.807, 2.05) is 72.8 Å². The van der Waals surface area contributed by atoms with Crippen molar-refractivity contribution >= 4 is 137 Å². The zero-order valence-electron chi connectivity index (χ0n) is 48.7. The van der Waals surface area contributed by atoms with Gasteiger partial charge in [-0.05, 0) is 184 Å². The predicted octanol–water partition coefficient (Wildman–Crippen LogP) is 23.8. The second-order valence-corrected chi connectivity index (χ2v) is 23.7. The van der Waals surface area contributed by atoms with E-state index in [-0.39, 0.29) is 14.9 Å². The van der Waals surface area contributed by atoms with Gasteiger partial charge in [0.1, 0.15) is 22.3 Å². The van der Waals surface area contributed by atoms with Gasteiger partial charge in [-0.3, -0.25) is 0 Å². The average molecular weight is 1250 g/mol. The molecule has 440 valence electrons. The molecule has 0 bridgehead atoms. The lowest BCUT2D eigenvalue weighted by Gasteiger charge is -2.18. The highest BCUT2D eigenvalue weighted by atomic mass is 79.9. The molecule has 2 aromatic heterocycles. The topological polar surface area (TPSA) is 66.7 Å². The van der Waals surface area contributed by atoms with Crippen LogP contribution in [0.3, 0.4) is 0 Å². The van der Waals surface area contributed by atoms with Gasteiger partial charge >= 0.3 is 7.12 Å². The first-order valence-electron chi connectivity index (χ1n) is 30.3. The number of hydrogen-bond acceptors (Lipinski definition) is 4. The summed E-state index contributed by atoms with van der Waals surface area (Å²) in [6, 6.07) is 110. The lowest BCUT2D eigenvalue weighted by atomic mass is 9.79. The normalized spacial score (nSPS) is 11.2. The van der Waals surface area contributed by atoms with Gasteiger partial charge in [-0.2, -0.15) is 0 Å². The third-order valence-electron chi connectivity index (χ3n) is 17.7. The molecule has 4 nitrogen and oxygen atoms in total. The van der Waals surface area contributed by atoms with Crippen LogP contribution in [-0.4, -0.2) is 17.2 Å². The molecular formula is C86H62BBrO4. The van der Waals surface area contributed by atoms with Gasteiger partial charge in [0.25, 0.3) is 0 Å². The van der Waals surface area contributed by atoms with E-state index in [2.05, 4.69) is 253 Å². The molecule has 6 heteroatoms. The molecule has 0 aliphatic heterocycles. The molecule has 0 fully saturated rings. The lowest BCUT2D eigenvalue weighted by Crippen LogP contribution is -2.29. The summed E-state index contributed by atoms with van der Waals surface area (Å²) < 4.78 is 13.6. The molecule has 18 aromatic rings. The number of rotatable bonds is 6. The van der Waals surface area contributed by atoms with Gasteiger partial charge in [-0.1, -0.05) is 288 Å². The first-order valence-corrected chi connectivity index (χ1v) is 31.1. The monoisotopic (exact) mass is 1250 g/mol. The van der Waals surface area contributed by atoms with Crippen LogP contribution in [0.2, 0.25) is 0 Å². The smallest absolute Gasteiger partial charge is 0.456 e. The summed E-state index contributed by atoms with van der Waals surface area (Å²) in [6.07, 6.45) is 0. The van der Waals surface area contributed by atoms with E-state index >= 15 is 0 Å². The van der Waals surface area contributed by atoms with E-state index < -0.39 is 7.12 Å². The van der Waals surface area contributed by atoms with Crippen molar-refractivity contribution in [3.8, 4) is 55.6 Å². The fraction of sp³-hybridized carbons (Fsp3) is 0.0233. The van der Waals surface area contributed by atoms with Crippen molar-refractivity contribution in [3.63, 3.8) is 0 Å². The Hall–Kier alpha value is -10.9. The van der Waals surface area contributed by atoms with E-state index in [1.54, 1.807) is 6.07 Å². The Morgan fingerprint density at radius 3 is 0.989 bits per heavy atom. The minimum atomic E-state index is -1.44. The van der Waals surface area contributed by atoms with Crippen LogP contribution in [0.15, 0.2) is 329 Å². The van der Waals surface area contributed by atoms with Crippen LogP contribution in [0, 0.1) is 0 Å². The SMILES string of the molecule is Brc1c2ccccc2c(-c2ccc3c(c2)oc2ccccc23)c2ccccc12.C.C.OB(O)c1ccc2cccc(-c3ccccc3)c2c1.c1ccc(-c2cccc3ccc(-c4c5ccccc5c(-c5ccc6c(c5)oc5ccccc56)c5ccccc45)cc23)cc1. The highest BCUT2D eigenvalue weighted by Crippen LogP contribution is 2.47. The molecule has 92 heavy (non-hydrogen) atoms. The van der Waals surface area contributed by atoms with Crippen molar-refractivity contribution < 1.29 is 18.9 Å². The largest absolute Gasteiger partial charge is 0.488 e. The van der Waals surface area contributed by atoms with Crippen LogP contribution in [0.25, 0.3) is 164 Å². The van der Waals surface area contributed by atoms with Crippen molar-refractivity contribution in [1.29, 1.82) is 0 Å². The summed E-state index contributed by atoms with van der Waals surface area (Å²) in [5, 5.41) is 37.7. The Morgan fingerprint density at radius 2 is 0.565 bits per heavy atom. The number of benzene rings is 16. The maximum Gasteiger partial charge on any atom is 0.488 e. The summed E-state index contributed by atoms with van der Waals surface area (Å²) >= 11 is 3.83. The maximum absolute atomic E-state index is 9.30. The molecule has 0 saturated heterocycles. The van der Waals surface area contributed by atoms with Crippen LogP contribution in [0.4, 0.5) is 0 Å². The summed E-state index contributed by atoms with van der Waals surface area (Å²) in [6.45, 7) is 0. The van der Waals surface area contributed by atoms with Crippen molar-refractivity contribution in [1.82, 2.24) is 0 Å². The lowest BCUT2D eigenvalue weighted by molar-refractivity contribution is 0.426. The van der Waals surface area contributed by atoms with Crippen molar-refractivity contribution in [2.45, 2.75) is 14.9 Å². The fourth-order valence-corrected chi connectivity index (χ4v) is 14.2. The Bertz CT molecular complexity index is 5680. The number of hydrogen-bond donors (Lipinski definition) is 2. The van der Waals surface area contributed by atoms with Crippen LogP contribution in [0.5, 0.6) is 0 Å². The second kappa shape index (κ2) is 24.8. The molecule has 0 spiro atoms. The third-order valence-corrected chi connectivity index (χ3v) is 18.5. The zero-order chi connectivity index (χ0) is 60.2. The van der Waals surface area contributed by atoms with Crippen LogP contribution >= 0.6 is 15.9 Å². The van der Waals surface area contributed by atoms with Crippen LogP contribution in [0.1, 0.15) is 14.9 Å². The summed E-state index contributed by atoms with van der Waals surface area (Å²) in [4.78, 5) is 0. The number of halogens is 1. The molecule has 18 rings (SSSR count). The van der Waals surface area contributed by atoms with Crippen molar-refractivity contribution in [2.75, 3.05) is 0 Å². The quantitative estimate of drug-likeness (QED) is 0.129. The fourth-order valence-electron chi connectivity index (χ4n) is 13.5. The van der Waals surface area contributed by atoms with Gasteiger partial charge in [-0.25, -0.2) is 0 Å².